The van der Waals surface area contributed by atoms with Crippen LogP contribution in [0.4, 0.5) is 4.39 Å². The molecule has 0 saturated heterocycles. The number of rotatable bonds is 4. The summed E-state index contributed by atoms with van der Waals surface area (Å²) in [6, 6.07) is 10.6. The molecule has 3 heteroatoms. The molecule has 0 aliphatic rings. The predicted molar refractivity (Wildman–Crippen MR) is 70.9 cm³/mol. The highest BCUT2D eigenvalue weighted by Gasteiger charge is 2.19. The highest BCUT2D eigenvalue weighted by Crippen LogP contribution is 2.25. The van der Waals surface area contributed by atoms with Gasteiger partial charge in [-0.15, -0.1) is 0 Å². The molecule has 2 aromatic rings. The van der Waals surface area contributed by atoms with E-state index in [4.69, 9.17) is 0 Å². The highest BCUT2D eigenvalue weighted by molar-refractivity contribution is 5.33. The van der Waals surface area contributed by atoms with E-state index in [0.717, 1.165) is 17.7 Å². The Morgan fingerprint density at radius 1 is 1.22 bits per heavy atom. The summed E-state index contributed by atoms with van der Waals surface area (Å²) in [5.41, 5.74) is 2.67. The van der Waals surface area contributed by atoms with Crippen molar-refractivity contribution < 1.29 is 4.39 Å². The van der Waals surface area contributed by atoms with Gasteiger partial charge in [0.1, 0.15) is 5.82 Å². The molecule has 0 radical (unpaired) electrons. The van der Waals surface area contributed by atoms with Crippen molar-refractivity contribution in [3.8, 4) is 0 Å². The van der Waals surface area contributed by atoms with Gasteiger partial charge in [-0.3, -0.25) is 4.98 Å². The summed E-state index contributed by atoms with van der Waals surface area (Å²) in [6.07, 6.45) is 2.63. The second kappa shape index (κ2) is 5.74. The average molecular weight is 244 g/mol. The van der Waals surface area contributed by atoms with Crippen molar-refractivity contribution in [3.05, 3.63) is 65.2 Å². The Morgan fingerprint density at radius 3 is 2.67 bits per heavy atom. The lowest BCUT2D eigenvalue weighted by molar-refractivity contribution is 0.568. The summed E-state index contributed by atoms with van der Waals surface area (Å²) in [5, 5.41) is 3.15. The Bertz CT molecular complexity index is 525. The van der Waals surface area contributed by atoms with E-state index in [0.29, 0.717) is 5.56 Å². The van der Waals surface area contributed by atoms with Gasteiger partial charge in [0.2, 0.25) is 0 Å². The van der Waals surface area contributed by atoms with Crippen LogP contribution >= 0.6 is 0 Å². The average Bonchev–Trinajstić information content (AvgIpc) is 2.42. The Labute approximate surface area is 107 Å². The maximum atomic E-state index is 13.9. The van der Waals surface area contributed by atoms with Gasteiger partial charge in [-0.2, -0.15) is 0 Å². The highest BCUT2D eigenvalue weighted by atomic mass is 19.1. The Kier molecular flexibility index (Phi) is 4.05. The molecule has 1 N–H and O–H groups in total. The number of benzene rings is 1. The summed E-state index contributed by atoms with van der Waals surface area (Å²) in [4.78, 5) is 4.41. The van der Waals surface area contributed by atoms with Crippen LogP contribution in [0.5, 0.6) is 0 Å². The summed E-state index contributed by atoms with van der Waals surface area (Å²) >= 11 is 0. The van der Waals surface area contributed by atoms with E-state index in [-0.39, 0.29) is 11.9 Å². The van der Waals surface area contributed by atoms with Crippen molar-refractivity contribution >= 4 is 0 Å². The van der Waals surface area contributed by atoms with Crippen LogP contribution < -0.4 is 5.32 Å². The van der Waals surface area contributed by atoms with Crippen molar-refractivity contribution in [3.63, 3.8) is 0 Å². The fourth-order valence-corrected chi connectivity index (χ4v) is 2.16. The number of nitrogens with zero attached hydrogens (tertiary/aromatic N) is 1. The first kappa shape index (κ1) is 12.7. The van der Waals surface area contributed by atoms with Gasteiger partial charge >= 0.3 is 0 Å². The molecule has 2 rings (SSSR count). The van der Waals surface area contributed by atoms with E-state index in [1.165, 1.54) is 6.07 Å². The first-order valence-corrected chi connectivity index (χ1v) is 6.13. The van der Waals surface area contributed by atoms with Crippen LogP contribution in [-0.4, -0.2) is 12.0 Å². The standard InChI is InChI=1S/C15H17FN2/c1-3-11-7-6-10-18-14(11)15(17-2)12-8-4-5-9-13(12)16/h4-10,15,17H,3H2,1-2H3. The number of aryl methyl sites for hydroxylation is 1. The molecule has 18 heavy (non-hydrogen) atoms. The third-order valence-electron chi connectivity index (χ3n) is 3.09. The molecule has 1 aromatic heterocycles. The maximum absolute atomic E-state index is 13.9. The molecule has 1 aromatic carbocycles. The van der Waals surface area contributed by atoms with Gasteiger partial charge in [0, 0.05) is 11.8 Å². The Morgan fingerprint density at radius 2 is 2.00 bits per heavy atom. The second-order valence-electron chi connectivity index (χ2n) is 4.14. The van der Waals surface area contributed by atoms with Gasteiger partial charge in [-0.1, -0.05) is 31.2 Å². The van der Waals surface area contributed by atoms with Crippen molar-refractivity contribution in [2.24, 2.45) is 0 Å². The lowest BCUT2D eigenvalue weighted by Crippen LogP contribution is -2.21. The number of pyridine rings is 1. The molecule has 0 amide bonds. The maximum Gasteiger partial charge on any atom is 0.128 e. The minimum Gasteiger partial charge on any atom is -0.308 e. The third kappa shape index (κ3) is 2.41. The fraction of sp³-hybridized carbons (Fsp3) is 0.267. The zero-order chi connectivity index (χ0) is 13.0. The molecule has 1 unspecified atom stereocenters. The number of nitrogens with one attached hydrogen (secondary N) is 1. The molecule has 0 aliphatic carbocycles. The molecule has 0 aliphatic heterocycles. The summed E-state index contributed by atoms with van der Waals surface area (Å²) in [5.74, 6) is -0.204. The first-order valence-electron chi connectivity index (χ1n) is 6.13. The molecular formula is C15H17FN2. The minimum absolute atomic E-state index is 0.204. The zero-order valence-electron chi connectivity index (χ0n) is 10.7. The fourth-order valence-electron chi connectivity index (χ4n) is 2.16. The summed E-state index contributed by atoms with van der Waals surface area (Å²) in [7, 11) is 1.82. The van der Waals surface area contributed by atoms with E-state index in [1.54, 1.807) is 18.3 Å². The van der Waals surface area contributed by atoms with E-state index in [2.05, 4.69) is 17.2 Å². The van der Waals surface area contributed by atoms with Crippen molar-refractivity contribution in [2.45, 2.75) is 19.4 Å². The van der Waals surface area contributed by atoms with Crippen LogP contribution in [0.3, 0.4) is 0 Å². The van der Waals surface area contributed by atoms with E-state index in [1.807, 2.05) is 25.2 Å². The van der Waals surface area contributed by atoms with Crippen molar-refractivity contribution in [1.82, 2.24) is 10.3 Å². The smallest absolute Gasteiger partial charge is 0.128 e. The molecular weight excluding hydrogens is 227 g/mol. The van der Waals surface area contributed by atoms with Crippen molar-refractivity contribution in [1.29, 1.82) is 0 Å². The molecule has 2 nitrogen and oxygen atoms in total. The van der Waals surface area contributed by atoms with E-state index >= 15 is 0 Å². The van der Waals surface area contributed by atoms with Crippen LogP contribution in [-0.2, 0) is 6.42 Å². The topological polar surface area (TPSA) is 24.9 Å². The van der Waals surface area contributed by atoms with E-state index < -0.39 is 0 Å². The van der Waals surface area contributed by atoms with Gasteiger partial charge in [-0.25, -0.2) is 4.39 Å². The van der Waals surface area contributed by atoms with Gasteiger partial charge in [-0.05, 0) is 31.2 Å². The van der Waals surface area contributed by atoms with Gasteiger partial charge < -0.3 is 5.32 Å². The Balaban J connectivity index is 2.49. The Hall–Kier alpha value is -1.74. The second-order valence-corrected chi connectivity index (χ2v) is 4.14. The monoisotopic (exact) mass is 244 g/mol. The number of hydrogen-bond acceptors (Lipinski definition) is 2. The van der Waals surface area contributed by atoms with Gasteiger partial charge in [0.05, 0.1) is 11.7 Å². The third-order valence-corrected chi connectivity index (χ3v) is 3.09. The lowest BCUT2D eigenvalue weighted by Gasteiger charge is -2.19. The molecule has 94 valence electrons. The summed E-state index contributed by atoms with van der Waals surface area (Å²) < 4.78 is 13.9. The van der Waals surface area contributed by atoms with E-state index in [9.17, 15) is 4.39 Å². The number of aromatic nitrogens is 1. The predicted octanol–water partition coefficient (Wildman–Crippen LogP) is 3.09. The summed E-state index contributed by atoms with van der Waals surface area (Å²) in [6.45, 7) is 2.08. The lowest BCUT2D eigenvalue weighted by atomic mass is 9.98. The molecule has 1 heterocycles. The zero-order valence-corrected chi connectivity index (χ0v) is 10.7. The normalized spacial score (nSPS) is 12.4. The van der Waals surface area contributed by atoms with Gasteiger partial charge in [0.25, 0.3) is 0 Å². The van der Waals surface area contributed by atoms with Gasteiger partial charge in [0.15, 0.2) is 0 Å². The first-order chi connectivity index (χ1) is 8.77. The largest absolute Gasteiger partial charge is 0.308 e. The minimum atomic E-state index is -0.206. The van der Waals surface area contributed by atoms with Crippen LogP contribution in [0.25, 0.3) is 0 Å². The van der Waals surface area contributed by atoms with Crippen LogP contribution in [0, 0.1) is 5.82 Å². The molecule has 0 saturated carbocycles. The molecule has 1 atom stereocenters. The van der Waals surface area contributed by atoms with Crippen molar-refractivity contribution in [2.75, 3.05) is 7.05 Å². The number of halogens is 1. The molecule has 0 spiro atoms. The number of hydrogen-bond donors (Lipinski definition) is 1. The molecule has 0 fully saturated rings. The van der Waals surface area contributed by atoms with Crippen LogP contribution in [0.15, 0.2) is 42.6 Å². The van der Waals surface area contributed by atoms with Crippen LogP contribution in [0.1, 0.15) is 29.8 Å². The molecule has 0 bridgehead atoms. The van der Waals surface area contributed by atoms with Crippen LogP contribution in [0.2, 0.25) is 0 Å². The SMILES string of the molecule is CCc1cccnc1C(NC)c1ccccc1F. The quantitative estimate of drug-likeness (QED) is 0.894.